The van der Waals surface area contributed by atoms with Gasteiger partial charge in [0.2, 0.25) is 0 Å². The smallest absolute Gasteiger partial charge is 0.316 e. The van der Waals surface area contributed by atoms with E-state index >= 15 is 0 Å². The Morgan fingerprint density at radius 1 is 1.10 bits per heavy atom. The monoisotopic (exact) mass is 288 g/mol. The Hall–Kier alpha value is -2.69. The lowest BCUT2D eigenvalue weighted by Gasteiger charge is -2.16. The van der Waals surface area contributed by atoms with Gasteiger partial charge >= 0.3 is 5.97 Å². The molecule has 0 aliphatic heterocycles. The van der Waals surface area contributed by atoms with E-state index in [-0.39, 0.29) is 18.1 Å². The van der Waals surface area contributed by atoms with E-state index in [9.17, 15) is 15.0 Å². The number of benzene rings is 2. The van der Waals surface area contributed by atoms with Crippen molar-refractivity contribution >= 4 is 5.97 Å². The molecule has 21 heavy (non-hydrogen) atoms. The van der Waals surface area contributed by atoms with Gasteiger partial charge in [0, 0.05) is 0 Å². The van der Waals surface area contributed by atoms with Crippen molar-refractivity contribution < 1.29 is 24.5 Å². The maximum atomic E-state index is 11.9. The summed E-state index contributed by atoms with van der Waals surface area (Å²) in [6, 6.07) is 12.6. The normalized spacial score (nSPS) is 11.7. The molecule has 5 nitrogen and oxygen atoms in total. The van der Waals surface area contributed by atoms with Crippen molar-refractivity contribution in [1.82, 2.24) is 0 Å². The minimum Gasteiger partial charge on any atom is -0.508 e. The number of ether oxygens (including phenoxy) is 2. The molecule has 2 aromatic rings. The van der Waals surface area contributed by atoms with E-state index in [4.69, 9.17) is 9.47 Å². The highest BCUT2D eigenvalue weighted by Crippen LogP contribution is 2.23. The van der Waals surface area contributed by atoms with Crippen LogP contribution in [0.4, 0.5) is 0 Å². The Kier molecular flexibility index (Phi) is 4.66. The lowest BCUT2D eigenvalue weighted by Crippen LogP contribution is -2.21. The molecule has 0 amide bonds. The molecule has 2 N–H and O–H groups in total. The zero-order valence-corrected chi connectivity index (χ0v) is 11.5. The van der Waals surface area contributed by atoms with Gasteiger partial charge in [0.05, 0.1) is 7.11 Å². The molecule has 1 unspecified atom stereocenters. The average molecular weight is 288 g/mol. The second-order valence-corrected chi connectivity index (χ2v) is 4.48. The number of methoxy groups -OCH3 is 1. The molecule has 0 heterocycles. The van der Waals surface area contributed by atoms with Gasteiger partial charge in [-0.2, -0.15) is 0 Å². The van der Waals surface area contributed by atoms with Crippen molar-refractivity contribution in [2.24, 2.45) is 0 Å². The fraction of sp³-hybridized carbons (Fsp3) is 0.188. The fourth-order valence-corrected chi connectivity index (χ4v) is 1.91. The molecule has 0 aliphatic rings. The third-order valence-electron chi connectivity index (χ3n) is 3.01. The van der Waals surface area contributed by atoms with Crippen LogP contribution >= 0.6 is 0 Å². The van der Waals surface area contributed by atoms with Crippen LogP contribution in [-0.4, -0.2) is 29.9 Å². The fourth-order valence-electron chi connectivity index (χ4n) is 1.91. The Balaban J connectivity index is 2.13. The van der Waals surface area contributed by atoms with E-state index in [1.807, 2.05) is 0 Å². The largest absolute Gasteiger partial charge is 0.508 e. The van der Waals surface area contributed by atoms with Gasteiger partial charge in [-0.05, 0) is 42.0 Å². The molecule has 0 aromatic heterocycles. The Morgan fingerprint density at radius 3 is 2.43 bits per heavy atom. The maximum Gasteiger partial charge on any atom is 0.316 e. The predicted octanol–water partition coefficient (Wildman–Crippen LogP) is 2.43. The van der Waals surface area contributed by atoms with Gasteiger partial charge in [-0.3, -0.25) is 4.79 Å². The number of phenolic OH excluding ortho intramolecular Hbond substituents is 2. The van der Waals surface area contributed by atoms with E-state index in [0.29, 0.717) is 11.3 Å². The number of rotatable bonds is 5. The summed E-state index contributed by atoms with van der Waals surface area (Å²) in [5.74, 6) is -0.344. The van der Waals surface area contributed by atoms with Gasteiger partial charge in [0.25, 0.3) is 0 Å². The summed E-state index contributed by atoms with van der Waals surface area (Å²) in [6.07, 6.45) is 0. The lowest BCUT2D eigenvalue weighted by atomic mass is 10.00. The number of carbonyl (C=O) groups excluding carboxylic acids is 1. The van der Waals surface area contributed by atoms with Crippen LogP contribution in [0.25, 0.3) is 0 Å². The van der Waals surface area contributed by atoms with Gasteiger partial charge in [-0.25, -0.2) is 0 Å². The third kappa shape index (κ3) is 3.89. The first-order valence-electron chi connectivity index (χ1n) is 6.38. The van der Waals surface area contributed by atoms with E-state index < -0.39 is 11.9 Å². The quantitative estimate of drug-likeness (QED) is 0.826. The van der Waals surface area contributed by atoms with Crippen molar-refractivity contribution in [2.75, 3.05) is 13.7 Å². The summed E-state index contributed by atoms with van der Waals surface area (Å²) >= 11 is 0. The zero-order valence-electron chi connectivity index (χ0n) is 11.5. The molecule has 0 aliphatic carbocycles. The Labute approximate surface area is 122 Å². The molecule has 1 atom stereocenters. The summed E-state index contributed by atoms with van der Waals surface area (Å²) in [7, 11) is 1.30. The van der Waals surface area contributed by atoms with E-state index in [0.717, 1.165) is 0 Å². The first-order chi connectivity index (χ1) is 10.1. The molecule has 0 fully saturated rings. The first-order valence-corrected chi connectivity index (χ1v) is 6.38. The average Bonchev–Trinajstić information content (AvgIpc) is 2.49. The summed E-state index contributed by atoms with van der Waals surface area (Å²) in [5.41, 5.74) is 0.612. The zero-order chi connectivity index (χ0) is 15.2. The van der Waals surface area contributed by atoms with Gasteiger partial charge in [-0.15, -0.1) is 0 Å². The van der Waals surface area contributed by atoms with E-state index in [1.54, 1.807) is 24.3 Å². The SMILES string of the molecule is COC(=O)C(COc1ccc(O)cc1)c1cccc(O)c1. The molecular formula is C16H16O5. The number of hydrogen-bond donors (Lipinski definition) is 2. The molecule has 0 radical (unpaired) electrons. The second kappa shape index (κ2) is 6.65. The molecule has 0 saturated heterocycles. The summed E-state index contributed by atoms with van der Waals surface area (Å²) < 4.78 is 10.3. The van der Waals surface area contributed by atoms with Crippen LogP contribution < -0.4 is 4.74 Å². The standard InChI is InChI=1S/C16H16O5/c1-20-16(19)15(11-3-2-4-13(18)9-11)10-21-14-7-5-12(17)6-8-14/h2-9,15,17-18H,10H2,1H3. The molecule has 0 saturated carbocycles. The van der Waals surface area contributed by atoms with Crippen LogP contribution in [0, 0.1) is 0 Å². The van der Waals surface area contributed by atoms with Gasteiger partial charge in [0.15, 0.2) is 0 Å². The Bertz CT molecular complexity index is 606. The highest BCUT2D eigenvalue weighted by Gasteiger charge is 2.22. The van der Waals surface area contributed by atoms with Gasteiger partial charge in [0.1, 0.15) is 29.8 Å². The molecular weight excluding hydrogens is 272 g/mol. The van der Waals surface area contributed by atoms with Crippen molar-refractivity contribution in [1.29, 1.82) is 0 Å². The topological polar surface area (TPSA) is 76.0 Å². The minimum absolute atomic E-state index is 0.0703. The Morgan fingerprint density at radius 2 is 1.81 bits per heavy atom. The molecule has 2 rings (SSSR count). The van der Waals surface area contributed by atoms with E-state index in [1.165, 1.54) is 31.4 Å². The number of carbonyl (C=O) groups is 1. The summed E-state index contributed by atoms with van der Waals surface area (Å²) in [6.45, 7) is 0.0703. The minimum atomic E-state index is -0.643. The third-order valence-corrected chi connectivity index (χ3v) is 3.01. The van der Waals surface area contributed by atoms with Crippen LogP contribution in [0.5, 0.6) is 17.2 Å². The highest BCUT2D eigenvalue weighted by molar-refractivity contribution is 5.78. The van der Waals surface area contributed by atoms with Crippen molar-refractivity contribution in [2.45, 2.75) is 5.92 Å². The number of aromatic hydroxyl groups is 2. The highest BCUT2D eigenvalue weighted by atomic mass is 16.5. The van der Waals surface area contributed by atoms with Crippen LogP contribution in [-0.2, 0) is 9.53 Å². The molecule has 0 spiro atoms. The molecule has 2 aromatic carbocycles. The van der Waals surface area contributed by atoms with Crippen LogP contribution in [0.15, 0.2) is 48.5 Å². The molecule has 5 heteroatoms. The first kappa shape index (κ1) is 14.7. The van der Waals surface area contributed by atoms with Crippen molar-refractivity contribution in [3.63, 3.8) is 0 Å². The van der Waals surface area contributed by atoms with Crippen LogP contribution in [0.2, 0.25) is 0 Å². The number of hydrogen-bond acceptors (Lipinski definition) is 5. The lowest BCUT2D eigenvalue weighted by molar-refractivity contribution is -0.143. The van der Waals surface area contributed by atoms with Crippen molar-refractivity contribution in [3.05, 3.63) is 54.1 Å². The second-order valence-electron chi connectivity index (χ2n) is 4.48. The van der Waals surface area contributed by atoms with Crippen LogP contribution in [0.1, 0.15) is 11.5 Å². The molecule has 110 valence electrons. The molecule has 0 bridgehead atoms. The number of esters is 1. The maximum absolute atomic E-state index is 11.9. The van der Waals surface area contributed by atoms with Gasteiger partial charge < -0.3 is 19.7 Å². The van der Waals surface area contributed by atoms with Crippen molar-refractivity contribution in [3.8, 4) is 17.2 Å². The van der Waals surface area contributed by atoms with Gasteiger partial charge in [-0.1, -0.05) is 12.1 Å². The summed E-state index contributed by atoms with van der Waals surface area (Å²) in [5, 5.41) is 18.7. The summed E-state index contributed by atoms with van der Waals surface area (Å²) in [4.78, 5) is 11.9. The predicted molar refractivity (Wildman–Crippen MR) is 76.5 cm³/mol. The number of phenols is 2. The van der Waals surface area contributed by atoms with Crippen LogP contribution in [0.3, 0.4) is 0 Å². The van der Waals surface area contributed by atoms with E-state index in [2.05, 4.69) is 0 Å².